The summed E-state index contributed by atoms with van der Waals surface area (Å²) in [7, 11) is 1.52. The van der Waals surface area contributed by atoms with Crippen molar-refractivity contribution in [2.75, 3.05) is 18.9 Å². The van der Waals surface area contributed by atoms with Crippen LogP contribution in [0.5, 0.6) is 0 Å². The Morgan fingerprint density at radius 2 is 2.09 bits per heavy atom. The zero-order valence-electron chi connectivity index (χ0n) is 19.3. The third-order valence-electron chi connectivity index (χ3n) is 6.62. The second-order valence-electron chi connectivity index (χ2n) is 8.58. The zero-order chi connectivity index (χ0) is 24.6. The normalized spacial score (nSPS) is 26.3. The van der Waals surface area contributed by atoms with E-state index >= 15 is 0 Å². The van der Waals surface area contributed by atoms with E-state index in [-0.39, 0.29) is 11.7 Å². The monoisotopic (exact) mass is 502 g/mol. The van der Waals surface area contributed by atoms with Crippen molar-refractivity contribution in [2.45, 2.75) is 45.4 Å². The SMILES string of the molecule is CCCNc1nc(C#Cc2ccc(Cl)s2)nc2c1ncn2C1C(O)C(O)[C@@](C)(C(=O)NC)[C@@H]1C. The van der Waals surface area contributed by atoms with Crippen molar-refractivity contribution in [2.24, 2.45) is 11.3 Å². The van der Waals surface area contributed by atoms with Crippen LogP contribution in [0.1, 0.15) is 43.9 Å². The molecule has 1 amide bonds. The molecule has 5 atom stereocenters. The smallest absolute Gasteiger partial charge is 0.228 e. The highest BCUT2D eigenvalue weighted by Crippen LogP contribution is 2.50. The van der Waals surface area contributed by atoms with E-state index in [2.05, 4.69) is 37.4 Å². The molecule has 11 heteroatoms. The Balaban J connectivity index is 1.82. The lowest BCUT2D eigenvalue weighted by Gasteiger charge is -2.31. The quantitative estimate of drug-likeness (QED) is 0.395. The van der Waals surface area contributed by atoms with Crippen LogP contribution in [0, 0.1) is 23.2 Å². The Morgan fingerprint density at radius 3 is 2.74 bits per heavy atom. The highest BCUT2D eigenvalue weighted by Gasteiger charge is 2.60. The lowest BCUT2D eigenvalue weighted by atomic mass is 9.77. The highest BCUT2D eigenvalue weighted by atomic mass is 35.5. The maximum absolute atomic E-state index is 12.7. The van der Waals surface area contributed by atoms with Crippen molar-refractivity contribution in [1.29, 1.82) is 0 Å². The minimum atomic E-state index is -1.26. The molecule has 3 heterocycles. The second-order valence-corrected chi connectivity index (χ2v) is 10.3. The van der Waals surface area contributed by atoms with Gasteiger partial charge in [-0.05, 0) is 43.2 Å². The van der Waals surface area contributed by atoms with Crippen LogP contribution in [0.25, 0.3) is 11.2 Å². The Kier molecular flexibility index (Phi) is 6.82. The number of nitrogens with one attached hydrogen (secondary N) is 2. The maximum atomic E-state index is 12.7. The van der Waals surface area contributed by atoms with E-state index in [0.717, 1.165) is 11.3 Å². The molecule has 3 aromatic rings. The lowest BCUT2D eigenvalue weighted by Crippen LogP contribution is -2.47. The van der Waals surface area contributed by atoms with Crippen molar-refractivity contribution in [1.82, 2.24) is 24.8 Å². The molecular formula is C23H27ClN6O3S. The number of amides is 1. The summed E-state index contributed by atoms with van der Waals surface area (Å²) in [6, 6.07) is 2.98. The van der Waals surface area contributed by atoms with Gasteiger partial charge in [0, 0.05) is 13.6 Å². The number of thiophene rings is 1. The number of hydrogen-bond acceptors (Lipinski definition) is 8. The summed E-state index contributed by atoms with van der Waals surface area (Å²) < 4.78 is 2.36. The molecule has 1 fully saturated rings. The largest absolute Gasteiger partial charge is 0.389 e. The van der Waals surface area contributed by atoms with E-state index in [1.807, 2.05) is 19.9 Å². The summed E-state index contributed by atoms with van der Waals surface area (Å²) in [4.78, 5) is 27.1. The van der Waals surface area contributed by atoms with Crippen molar-refractivity contribution in [3.05, 3.63) is 33.5 Å². The number of nitrogens with zero attached hydrogens (tertiary/aromatic N) is 4. The van der Waals surface area contributed by atoms with Crippen molar-refractivity contribution in [3.8, 4) is 11.8 Å². The Labute approximate surface area is 206 Å². The number of hydrogen-bond donors (Lipinski definition) is 4. The topological polar surface area (TPSA) is 125 Å². The van der Waals surface area contributed by atoms with Gasteiger partial charge >= 0.3 is 0 Å². The molecule has 0 aliphatic heterocycles. The first-order valence-corrected chi connectivity index (χ1v) is 12.3. The second kappa shape index (κ2) is 9.50. The maximum Gasteiger partial charge on any atom is 0.228 e. The van der Waals surface area contributed by atoms with Gasteiger partial charge in [-0.1, -0.05) is 25.4 Å². The molecule has 4 N–H and O–H groups in total. The first kappa shape index (κ1) is 24.4. The van der Waals surface area contributed by atoms with E-state index in [9.17, 15) is 15.0 Å². The third-order valence-corrected chi connectivity index (χ3v) is 7.76. The summed E-state index contributed by atoms with van der Waals surface area (Å²) in [5.74, 6) is 6.09. The molecule has 0 radical (unpaired) electrons. The molecule has 180 valence electrons. The number of fused-ring (bicyclic) bond motifs is 1. The van der Waals surface area contributed by atoms with Gasteiger partial charge in [0.2, 0.25) is 11.7 Å². The highest BCUT2D eigenvalue weighted by molar-refractivity contribution is 7.16. The predicted octanol–water partition coefficient (Wildman–Crippen LogP) is 2.43. The first-order chi connectivity index (χ1) is 16.2. The van der Waals surface area contributed by atoms with Gasteiger partial charge in [-0.15, -0.1) is 11.3 Å². The molecule has 0 bridgehead atoms. The van der Waals surface area contributed by atoms with Crippen LogP contribution in [-0.4, -0.2) is 61.4 Å². The van der Waals surface area contributed by atoms with Crippen LogP contribution in [-0.2, 0) is 4.79 Å². The first-order valence-electron chi connectivity index (χ1n) is 11.1. The molecule has 0 spiro atoms. The molecule has 3 unspecified atom stereocenters. The van der Waals surface area contributed by atoms with Gasteiger partial charge in [0.25, 0.3) is 0 Å². The molecule has 1 aliphatic rings. The van der Waals surface area contributed by atoms with Crippen LogP contribution in [0.2, 0.25) is 4.34 Å². The molecule has 0 saturated heterocycles. The van der Waals surface area contributed by atoms with Gasteiger partial charge in [-0.2, -0.15) is 0 Å². The molecule has 0 aromatic carbocycles. The summed E-state index contributed by atoms with van der Waals surface area (Å²) in [6.07, 6.45) is 0.00169. The van der Waals surface area contributed by atoms with Gasteiger partial charge in [-0.3, -0.25) is 4.79 Å². The number of rotatable bonds is 5. The zero-order valence-corrected chi connectivity index (χ0v) is 20.9. The predicted molar refractivity (Wildman–Crippen MR) is 132 cm³/mol. The number of imidazole rings is 1. The van der Waals surface area contributed by atoms with Crippen molar-refractivity contribution >= 4 is 45.8 Å². The van der Waals surface area contributed by atoms with Crippen LogP contribution in [0.4, 0.5) is 5.82 Å². The molecule has 1 saturated carbocycles. The average molecular weight is 503 g/mol. The number of carbonyl (C=O) groups is 1. The fourth-order valence-electron chi connectivity index (χ4n) is 4.53. The van der Waals surface area contributed by atoms with Gasteiger partial charge in [0.1, 0.15) is 6.10 Å². The Morgan fingerprint density at radius 1 is 1.32 bits per heavy atom. The Hall–Kier alpha value is -2.71. The number of aromatic nitrogens is 4. The summed E-state index contributed by atoms with van der Waals surface area (Å²) in [5.41, 5.74) is -0.195. The summed E-state index contributed by atoms with van der Waals surface area (Å²) >= 11 is 7.37. The van der Waals surface area contributed by atoms with E-state index in [1.165, 1.54) is 18.4 Å². The van der Waals surface area contributed by atoms with E-state index < -0.39 is 29.6 Å². The molecular weight excluding hydrogens is 476 g/mol. The minimum absolute atomic E-state index is 0.284. The standard InChI is InChI=1S/C23H27ClN6O3S/c1-5-10-26-20-16-21(29-15(28-20)9-7-13-6-8-14(24)34-13)30(11-27-16)17-12(2)23(3,22(33)25-4)19(32)18(17)31/h6,8,11-12,17-19,31-32H,5,10H2,1-4H3,(H,25,33)(H,26,28,29)/t12-,17?,18?,19?,23+/m1/s1. The number of anilines is 1. The molecule has 4 rings (SSSR count). The van der Waals surface area contributed by atoms with E-state index in [4.69, 9.17) is 11.6 Å². The molecule has 1 aliphatic carbocycles. The van der Waals surface area contributed by atoms with E-state index in [1.54, 1.807) is 23.9 Å². The van der Waals surface area contributed by atoms with Crippen molar-refractivity contribution < 1.29 is 15.0 Å². The van der Waals surface area contributed by atoms with Crippen LogP contribution in [0.3, 0.4) is 0 Å². The lowest BCUT2D eigenvalue weighted by molar-refractivity contribution is -0.139. The summed E-state index contributed by atoms with van der Waals surface area (Å²) in [6.45, 7) is 6.23. The van der Waals surface area contributed by atoms with Crippen LogP contribution < -0.4 is 10.6 Å². The van der Waals surface area contributed by atoms with Gasteiger partial charge in [0.05, 0.1) is 33.1 Å². The summed E-state index contributed by atoms with van der Waals surface area (Å²) in [5, 5.41) is 27.7. The number of halogens is 1. The van der Waals surface area contributed by atoms with Gasteiger partial charge < -0.3 is 25.4 Å². The molecule has 9 nitrogen and oxygen atoms in total. The molecule has 34 heavy (non-hydrogen) atoms. The van der Waals surface area contributed by atoms with Crippen LogP contribution >= 0.6 is 22.9 Å². The van der Waals surface area contributed by atoms with Gasteiger partial charge in [-0.25, -0.2) is 15.0 Å². The van der Waals surface area contributed by atoms with Gasteiger partial charge in [0.15, 0.2) is 17.0 Å². The molecule has 3 aromatic heterocycles. The fourth-order valence-corrected chi connectivity index (χ4v) is 5.43. The van der Waals surface area contributed by atoms with Crippen molar-refractivity contribution in [3.63, 3.8) is 0 Å². The Bertz CT molecular complexity index is 1280. The van der Waals surface area contributed by atoms with E-state index in [0.29, 0.717) is 27.9 Å². The number of aliphatic hydroxyl groups excluding tert-OH is 2. The number of aliphatic hydroxyl groups is 2. The number of carbonyl (C=O) groups excluding carboxylic acids is 1. The minimum Gasteiger partial charge on any atom is -0.389 e. The van der Waals surface area contributed by atoms with Crippen LogP contribution in [0.15, 0.2) is 18.5 Å². The average Bonchev–Trinajstić information content (AvgIpc) is 3.49. The third kappa shape index (κ3) is 4.03. The fraction of sp³-hybridized carbons (Fsp3) is 0.478.